The standard InChI is InChI=1S/C25H33N3O5S/c1-19(2)26(3)16-24(29)27-14-13-25(17-27)18-28(15-20-9-11-21(32-4)12-10-20)34(30,31)23-8-6-5-7-22(23)33-25/h5-12,19H,13-18H2,1-4H3/t25-/m0/s1. The number of nitrogens with zero attached hydrogens (tertiary/aromatic N) is 3. The van der Waals surface area contributed by atoms with Gasteiger partial charge in [0.05, 0.1) is 26.7 Å². The van der Waals surface area contributed by atoms with Crippen molar-refractivity contribution in [2.75, 3.05) is 40.3 Å². The fourth-order valence-electron chi connectivity index (χ4n) is 4.40. The van der Waals surface area contributed by atoms with E-state index in [1.807, 2.05) is 50.1 Å². The maximum atomic E-state index is 13.7. The maximum absolute atomic E-state index is 13.7. The molecule has 2 heterocycles. The summed E-state index contributed by atoms with van der Waals surface area (Å²) in [4.78, 5) is 16.9. The second kappa shape index (κ2) is 9.56. The van der Waals surface area contributed by atoms with Gasteiger partial charge in [-0.25, -0.2) is 8.42 Å². The number of fused-ring (bicyclic) bond motifs is 1. The van der Waals surface area contributed by atoms with E-state index in [0.29, 0.717) is 37.6 Å². The summed E-state index contributed by atoms with van der Waals surface area (Å²) in [6, 6.07) is 14.4. The average Bonchev–Trinajstić information content (AvgIpc) is 3.19. The van der Waals surface area contributed by atoms with Gasteiger partial charge in [0.1, 0.15) is 22.0 Å². The molecule has 4 rings (SSSR count). The van der Waals surface area contributed by atoms with E-state index >= 15 is 0 Å². The first-order valence-corrected chi connectivity index (χ1v) is 13.0. The van der Waals surface area contributed by atoms with Crippen LogP contribution >= 0.6 is 0 Å². The number of likely N-dealkylation sites (N-methyl/N-ethyl adjacent to an activating group) is 1. The smallest absolute Gasteiger partial charge is 0.247 e. The van der Waals surface area contributed by atoms with Crippen molar-refractivity contribution in [2.45, 2.75) is 43.4 Å². The van der Waals surface area contributed by atoms with E-state index in [-0.39, 0.29) is 29.9 Å². The van der Waals surface area contributed by atoms with Crippen LogP contribution in [-0.2, 0) is 21.4 Å². The Labute approximate surface area is 202 Å². The van der Waals surface area contributed by atoms with Gasteiger partial charge in [-0.05, 0) is 50.7 Å². The van der Waals surface area contributed by atoms with Gasteiger partial charge in [-0.15, -0.1) is 0 Å². The number of ether oxygens (including phenoxy) is 2. The summed E-state index contributed by atoms with van der Waals surface area (Å²) in [6.45, 7) is 5.66. The van der Waals surface area contributed by atoms with Gasteiger partial charge in [0.15, 0.2) is 0 Å². The minimum atomic E-state index is -3.80. The number of hydrogen-bond donors (Lipinski definition) is 0. The number of rotatable bonds is 6. The van der Waals surface area contributed by atoms with Crippen LogP contribution in [0.4, 0.5) is 0 Å². The molecule has 0 N–H and O–H groups in total. The van der Waals surface area contributed by atoms with Crippen molar-refractivity contribution in [1.29, 1.82) is 0 Å². The molecule has 9 heteroatoms. The van der Waals surface area contributed by atoms with E-state index in [1.165, 1.54) is 4.31 Å². The van der Waals surface area contributed by atoms with Crippen molar-refractivity contribution >= 4 is 15.9 Å². The Bertz CT molecular complexity index is 1140. The molecule has 0 bridgehead atoms. The molecule has 0 aromatic heterocycles. The molecule has 1 atom stereocenters. The van der Waals surface area contributed by atoms with Crippen LogP contribution < -0.4 is 9.47 Å². The number of benzene rings is 2. The van der Waals surface area contributed by atoms with Crippen LogP contribution in [0.2, 0.25) is 0 Å². The summed E-state index contributed by atoms with van der Waals surface area (Å²) in [5, 5.41) is 0. The van der Waals surface area contributed by atoms with Crippen LogP contribution in [0.3, 0.4) is 0 Å². The van der Waals surface area contributed by atoms with Crippen molar-refractivity contribution < 1.29 is 22.7 Å². The third kappa shape index (κ3) is 4.92. The second-order valence-corrected chi connectivity index (χ2v) is 11.3. The van der Waals surface area contributed by atoms with E-state index < -0.39 is 15.6 Å². The van der Waals surface area contributed by atoms with E-state index in [0.717, 1.165) is 5.56 Å². The molecule has 2 aliphatic rings. The van der Waals surface area contributed by atoms with Gasteiger partial charge in [0, 0.05) is 25.6 Å². The van der Waals surface area contributed by atoms with Gasteiger partial charge in [-0.3, -0.25) is 9.69 Å². The number of likely N-dealkylation sites (tertiary alicyclic amines) is 1. The van der Waals surface area contributed by atoms with Gasteiger partial charge >= 0.3 is 0 Å². The zero-order valence-electron chi connectivity index (χ0n) is 20.2. The molecule has 1 spiro atoms. The molecule has 0 radical (unpaired) electrons. The van der Waals surface area contributed by atoms with Gasteiger partial charge < -0.3 is 14.4 Å². The molecule has 34 heavy (non-hydrogen) atoms. The highest BCUT2D eigenvalue weighted by Gasteiger charge is 2.48. The SMILES string of the molecule is COc1ccc(CN2C[C@@]3(CCN(C(=O)CN(C)C(C)C)C3)Oc3ccccc3S2(=O)=O)cc1. The van der Waals surface area contributed by atoms with Crippen molar-refractivity contribution in [3.8, 4) is 11.5 Å². The summed E-state index contributed by atoms with van der Waals surface area (Å²) in [5.41, 5.74) is 0.0430. The molecule has 0 saturated carbocycles. The summed E-state index contributed by atoms with van der Waals surface area (Å²) in [7, 11) is -0.277. The van der Waals surface area contributed by atoms with Crippen LogP contribution in [0, 0.1) is 0 Å². The zero-order chi connectivity index (χ0) is 24.5. The molecule has 2 aromatic carbocycles. The van der Waals surface area contributed by atoms with Gasteiger partial charge in [-0.2, -0.15) is 4.31 Å². The number of sulfonamides is 1. The predicted octanol–water partition coefficient (Wildman–Crippen LogP) is 2.59. The highest BCUT2D eigenvalue weighted by Crippen LogP contribution is 2.39. The van der Waals surface area contributed by atoms with Crippen molar-refractivity contribution in [1.82, 2.24) is 14.1 Å². The van der Waals surface area contributed by atoms with Crippen LogP contribution in [0.15, 0.2) is 53.4 Å². The highest BCUT2D eigenvalue weighted by molar-refractivity contribution is 7.89. The number of methoxy groups -OCH3 is 1. The van der Waals surface area contributed by atoms with Gasteiger partial charge in [0.25, 0.3) is 0 Å². The minimum absolute atomic E-state index is 0.0266. The molecule has 1 fully saturated rings. The lowest BCUT2D eigenvalue weighted by atomic mass is 10.0. The molecule has 2 aliphatic heterocycles. The lowest BCUT2D eigenvalue weighted by molar-refractivity contribution is -0.132. The largest absolute Gasteiger partial charge is 0.497 e. The van der Waals surface area contributed by atoms with Crippen molar-refractivity contribution in [3.05, 3.63) is 54.1 Å². The fraction of sp³-hybridized carbons (Fsp3) is 0.480. The molecule has 184 valence electrons. The van der Waals surface area contributed by atoms with Gasteiger partial charge in [-0.1, -0.05) is 24.3 Å². The Morgan fingerprint density at radius 2 is 1.85 bits per heavy atom. The Morgan fingerprint density at radius 3 is 2.53 bits per heavy atom. The monoisotopic (exact) mass is 487 g/mol. The normalized spacial score (nSPS) is 22.0. The first kappa shape index (κ1) is 24.5. The lowest BCUT2D eigenvalue weighted by Gasteiger charge is -2.32. The van der Waals surface area contributed by atoms with Crippen molar-refractivity contribution in [2.24, 2.45) is 0 Å². The summed E-state index contributed by atoms with van der Waals surface area (Å²) in [5.74, 6) is 1.08. The number of amides is 1. The van der Waals surface area contributed by atoms with Crippen LogP contribution in [0.1, 0.15) is 25.8 Å². The van der Waals surface area contributed by atoms with Crippen LogP contribution in [0.5, 0.6) is 11.5 Å². The Morgan fingerprint density at radius 1 is 1.15 bits per heavy atom. The third-order valence-electron chi connectivity index (χ3n) is 6.71. The van der Waals surface area contributed by atoms with E-state index in [9.17, 15) is 13.2 Å². The van der Waals surface area contributed by atoms with Crippen LogP contribution in [-0.4, -0.2) is 80.4 Å². The van der Waals surface area contributed by atoms with Crippen molar-refractivity contribution in [3.63, 3.8) is 0 Å². The number of carbonyl (C=O) groups excluding carboxylic acids is 1. The number of para-hydroxylation sites is 1. The van der Waals surface area contributed by atoms with Crippen LogP contribution in [0.25, 0.3) is 0 Å². The number of carbonyl (C=O) groups is 1. The third-order valence-corrected chi connectivity index (χ3v) is 8.54. The quantitative estimate of drug-likeness (QED) is 0.623. The van der Waals surface area contributed by atoms with E-state index in [1.54, 1.807) is 36.3 Å². The maximum Gasteiger partial charge on any atom is 0.247 e. The summed E-state index contributed by atoms with van der Waals surface area (Å²) >= 11 is 0. The molecular weight excluding hydrogens is 454 g/mol. The minimum Gasteiger partial charge on any atom is -0.497 e. The Hall–Kier alpha value is -2.62. The van der Waals surface area contributed by atoms with E-state index in [2.05, 4.69) is 0 Å². The molecule has 8 nitrogen and oxygen atoms in total. The number of hydrogen-bond acceptors (Lipinski definition) is 6. The highest BCUT2D eigenvalue weighted by atomic mass is 32.2. The molecule has 0 aliphatic carbocycles. The zero-order valence-corrected chi connectivity index (χ0v) is 21.0. The van der Waals surface area contributed by atoms with E-state index in [4.69, 9.17) is 9.47 Å². The Kier molecular flexibility index (Phi) is 6.89. The fourth-order valence-corrected chi connectivity index (χ4v) is 6.02. The Balaban J connectivity index is 1.63. The molecule has 1 amide bonds. The molecule has 1 saturated heterocycles. The first-order chi connectivity index (χ1) is 16.1. The summed E-state index contributed by atoms with van der Waals surface area (Å²) < 4.78 is 40.5. The van der Waals surface area contributed by atoms with Gasteiger partial charge in [0.2, 0.25) is 15.9 Å². The second-order valence-electron chi connectivity index (χ2n) is 9.43. The average molecular weight is 488 g/mol. The molecular formula is C25H33N3O5S. The predicted molar refractivity (Wildman–Crippen MR) is 129 cm³/mol. The molecule has 0 unspecified atom stereocenters. The topological polar surface area (TPSA) is 79.4 Å². The summed E-state index contributed by atoms with van der Waals surface area (Å²) in [6.07, 6.45) is 0.563. The first-order valence-electron chi connectivity index (χ1n) is 11.5. The lowest BCUT2D eigenvalue weighted by Crippen LogP contribution is -2.50. The molecule has 2 aromatic rings.